The van der Waals surface area contributed by atoms with Crippen LogP contribution in [0, 0.1) is 11.7 Å². The highest BCUT2D eigenvalue weighted by Crippen LogP contribution is 2.25. The van der Waals surface area contributed by atoms with Gasteiger partial charge in [0.25, 0.3) is 0 Å². The maximum absolute atomic E-state index is 13.7. The van der Waals surface area contributed by atoms with E-state index >= 15 is 0 Å². The minimum atomic E-state index is -0.369. The summed E-state index contributed by atoms with van der Waals surface area (Å²) in [5.74, 6) is 0.356. The first-order valence-corrected chi connectivity index (χ1v) is 9.39. The number of aliphatic imine (C=N–C) groups is 1. The molecular formula is C22H24F2N4O. The molecule has 1 atom stereocenters. The van der Waals surface area contributed by atoms with Gasteiger partial charge in [0.1, 0.15) is 24.0 Å². The van der Waals surface area contributed by atoms with E-state index < -0.39 is 0 Å². The number of rotatable bonds is 8. The molecule has 2 aromatic rings. The Labute approximate surface area is 168 Å². The third-order valence-corrected chi connectivity index (χ3v) is 4.57. The van der Waals surface area contributed by atoms with Gasteiger partial charge in [-0.3, -0.25) is 0 Å². The smallest absolute Gasteiger partial charge is 0.229 e. The maximum atomic E-state index is 13.7. The standard InChI is InChI=1S/C22H24F2N4O/c1-3-10-28-13-18(14-29-19-7-4-15(2)20(24)12-19)27-22(28)26-9-8-16-5-6-17(23)11-21(16)25/h3,5-7,9,11-13,15H,1,4,8,10,14,25H2,2H3. The lowest BCUT2D eigenvalue weighted by Gasteiger charge is -2.14. The molecule has 7 heteroatoms. The van der Waals surface area contributed by atoms with Gasteiger partial charge >= 0.3 is 0 Å². The van der Waals surface area contributed by atoms with E-state index in [-0.39, 0.29) is 24.2 Å². The number of nitrogens with two attached hydrogens (primary N) is 1. The number of hydrogen-bond acceptors (Lipinski definition) is 4. The number of imidazole rings is 1. The molecule has 0 aliphatic heterocycles. The largest absolute Gasteiger partial charge is 0.487 e. The SMILES string of the molecule is C=CCn1cc(COC2=CCC(C)C(F)=C2)nc1N=CCc1ccc(F)cc1N. The van der Waals surface area contributed by atoms with E-state index in [0.29, 0.717) is 42.5 Å². The van der Waals surface area contributed by atoms with Crippen molar-refractivity contribution in [2.45, 2.75) is 32.9 Å². The predicted molar refractivity (Wildman–Crippen MR) is 111 cm³/mol. The molecule has 0 amide bonds. The Bertz CT molecular complexity index is 975. The van der Waals surface area contributed by atoms with Gasteiger partial charge in [0.2, 0.25) is 5.95 Å². The van der Waals surface area contributed by atoms with Crippen LogP contribution in [0.15, 0.2) is 65.8 Å². The number of aromatic nitrogens is 2. The summed E-state index contributed by atoms with van der Waals surface area (Å²) < 4.78 is 34.4. The summed E-state index contributed by atoms with van der Waals surface area (Å²) in [5.41, 5.74) is 7.67. The van der Waals surface area contributed by atoms with E-state index in [4.69, 9.17) is 10.5 Å². The van der Waals surface area contributed by atoms with Gasteiger partial charge in [-0.2, -0.15) is 0 Å². The van der Waals surface area contributed by atoms with Crippen LogP contribution in [0.25, 0.3) is 0 Å². The zero-order valence-electron chi connectivity index (χ0n) is 16.3. The number of hydrogen-bond donors (Lipinski definition) is 1. The fraction of sp³-hybridized carbons (Fsp3) is 0.273. The van der Waals surface area contributed by atoms with E-state index in [1.807, 2.05) is 23.8 Å². The summed E-state index contributed by atoms with van der Waals surface area (Å²) in [4.78, 5) is 8.88. The fourth-order valence-corrected chi connectivity index (χ4v) is 2.88. The van der Waals surface area contributed by atoms with Gasteiger partial charge in [0.15, 0.2) is 0 Å². The molecule has 0 fully saturated rings. The van der Waals surface area contributed by atoms with Crippen LogP contribution in [0.4, 0.5) is 20.4 Å². The normalized spacial score (nSPS) is 16.6. The summed E-state index contributed by atoms with van der Waals surface area (Å²) in [6.07, 6.45) is 9.61. The maximum Gasteiger partial charge on any atom is 0.229 e. The summed E-state index contributed by atoms with van der Waals surface area (Å²) >= 11 is 0. The van der Waals surface area contributed by atoms with Crippen LogP contribution in [0.5, 0.6) is 0 Å². The van der Waals surface area contributed by atoms with Crippen molar-refractivity contribution < 1.29 is 13.5 Å². The molecule has 1 aliphatic rings. The molecule has 0 bridgehead atoms. The zero-order valence-corrected chi connectivity index (χ0v) is 16.3. The molecule has 0 saturated carbocycles. The van der Waals surface area contributed by atoms with E-state index in [1.165, 1.54) is 18.2 Å². The Morgan fingerprint density at radius 1 is 1.41 bits per heavy atom. The predicted octanol–water partition coefficient (Wildman–Crippen LogP) is 5.03. The Hall–Kier alpha value is -3.22. The lowest BCUT2D eigenvalue weighted by Crippen LogP contribution is -2.02. The average Bonchev–Trinajstić information content (AvgIpc) is 3.06. The topological polar surface area (TPSA) is 65.4 Å². The second kappa shape index (κ2) is 9.32. The minimum Gasteiger partial charge on any atom is -0.487 e. The molecule has 3 rings (SSSR count). The van der Waals surface area contributed by atoms with Gasteiger partial charge < -0.3 is 15.0 Å². The van der Waals surface area contributed by atoms with Crippen molar-refractivity contribution in [3.8, 4) is 0 Å². The third-order valence-electron chi connectivity index (χ3n) is 4.57. The number of anilines is 1. The van der Waals surface area contributed by atoms with Crippen LogP contribution in [0.3, 0.4) is 0 Å². The van der Waals surface area contributed by atoms with Gasteiger partial charge in [0.05, 0.1) is 5.69 Å². The number of nitrogen functional groups attached to an aromatic ring is 1. The molecule has 1 heterocycles. The van der Waals surface area contributed by atoms with Crippen molar-refractivity contribution in [2.24, 2.45) is 10.9 Å². The van der Waals surface area contributed by atoms with E-state index in [9.17, 15) is 8.78 Å². The molecule has 1 aromatic carbocycles. The molecule has 0 radical (unpaired) electrons. The first-order chi connectivity index (χ1) is 14.0. The van der Waals surface area contributed by atoms with Crippen LogP contribution in [-0.2, 0) is 24.3 Å². The first kappa shape index (κ1) is 20.5. The third kappa shape index (κ3) is 5.40. The highest BCUT2D eigenvalue weighted by molar-refractivity contribution is 5.67. The first-order valence-electron chi connectivity index (χ1n) is 9.39. The van der Waals surface area contributed by atoms with Crippen molar-refractivity contribution in [2.75, 3.05) is 5.73 Å². The second-order valence-electron chi connectivity index (χ2n) is 6.89. The highest BCUT2D eigenvalue weighted by atomic mass is 19.1. The Morgan fingerprint density at radius 2 is 2.24 bits per heavy atom. The molecular weight excluding hydrogens is 374 g/mol. The minimum absolute atomic E-state index is 0.106. The summed E-state index contributed by atoms with van der Waals surface area (Å²) in [5, 5.41) is 0. The van der Waals surface area contributed by atoms with Gasteiger partial charge in [0, 0.05) is 43.1 Å². The average molecular weight is 398 g/mol. The number of benzene rings is 1. The highest BCUT2D eigenvalue weighted by Gasteiger charge is 2.14. The molecule has 152 valence electrons. The Morgan fingerprint density at radius 3 is 2.97 bits per heavy atom. The number of nitrogens with zero attached hydrogens (tertiary/aromatic N) is 3. The monoisotopic (exact) mass is 398 g/mol. The van der Waals surface area contributed by atoms with Gasteiger partial charge in [-0.05, 0) is 30.2 Å². The van der Waals surface area contributed by atoms with Crippen LogP contribution in [0.2, 0.25) is 0 Å². The molecule has 1 aliphatic carbocycles. The Balaban J connectivity index is 1.67. The molecule has 5 nitrogen and oxygen atoms in total. The van der Waals surface area contributed by atoms with E-state index in [0.717, 1.165) is 5.56 Å². The fourth-order valence-electron chi connectivity index (χ4n) is 2.88. The van der Waals surface area contributed by atoms with Crippen molar-refractivity contribution in [1.29, 1.82) is 0 Å². The van der Waals surface area contributed by atoms with Gasteiger partial charge in [-0.25, -0.2) is 18.8 Å². The van der Waals surface area contributed by atoms with Gasteiger partial charge in [-0.15, -0.1) is 6.58 Å². The molecule has 1 aromatic heterocycles. The lowest BCUT2D eigenvalue weighted by molar-refractivity contribution is 0.202. The van der Waals surface area contributed by atoms with Crippen LogP contribution in [0.1, 0.15) is 24.6 Å². The van der Waals surface area contributed by atoms with Gasteiger partial charge in [-0.1, -0.05) is 19.1 Å². The van der Waals surface area contributed by atoms with Crippen LogP contribution >= 0.6 is 0 Å². The molecule has 29 heavy (non-hydrogen) atoms. The summed E-state index contributed by atoms with van der Waals surface area (Å²) in [7, 11) is 0. The van der Waals surface area contributed by atoms with Crippen LogP contribution < -0.4 is 5.73 Å². The van der Waals surface area contributed by atoms with Crippen molar-refractivity contribution >= 4 is 17.9 Å². The molecule has 0 spiro atoms. The van der Waals surface area contributed by atoms with E-state index in [2.05, 4.69) is 16.6 Å². The number of halogens is 2. The number of allylic oxidation sites excluding steroid dienone is 4. The van der Waals surface area contributed by atoms with Crippen molar-refractivity contribution in [1.82, 2.24) is 9.55 Å². The second-order valence-corrected chi connectivity index (χ2v) is 6.89. The lowest BCUT2D eigenvalue weighted by atomic mass is 10.0. The summed E-state index contributed by atoms with van der Waals surface area (Å²) in [6.45, 7) is 6.32. The molecule has 2 N–H and O–H groups in total. The zero-order chi connectivity index (χ0) is 20.8. The van der Waals surface area contributed by atoms with Crippen LogP contribution in [-0.4, -0.2) is 15.8 Å². The summed E-state index contributed by atoms with van der Waals surface area (Å²) in [6, 6.07) is 4.29. The quantitative estimate of drug-likeness (QED) is 0.385. The van der Waals surface area contributed by atoms with Crippen molar-refractivity contribution in [3.05, 3.63) is 77.9 Å². The van der Waals surface area contributed by atoms with E-state index in [1.54, 1.807) is 18.4 Å². The molecule has 0 saturated heterocycles. The Kier molecular flexibility index (Phi) is 6.59. The van der Waals surface area contributed by atoms with Crippen molar-refractivity contribution in [3.63, 3.8) is 0 Å². The molecule has 1 unspecified atom stereocenters. The number of ether oxygens (including phenoxy) is 1.